The Labute approximate surface area is 123 Å². The van der Waals surface area contributed by atoms with Gasteiger partial charge in [-0.15, -0.1) is 11.8 Å². The second kappa shape index (κ2) is 6.33. The predicted molar refractivity (Wildman–Crippen MR) is 80.6 cm³/mol. The van der Waals surface area contributed by atoms with Crippen LogP contribution >= 0.6 is 34.4 Å². The van der Waals surface area contributed by atoms with Gasteiger partial charge in [0, 0.05) is 14.0 Å². The Morgan fingerprint density at radius 3 is 2.28 bits per heavy atom. The van der Waals surface area contributed by atoms with Crippen LogP contribution in [0.25, 0.3) is 0 Å². The van der Waals surface area contributed by atoms with Crippen molar-refractivity contribution in [3.63, 3.8) is 0 Å². The van der Waals surface area contributed by atoms with Crippen LogP contribution in [0.3, 0.4) is 0 Å². The summed E-state index contributed by atoms with van der Waals surface area (Å²) in [5, 5.41) is 0. The molecule has 0 aliphatic rings. The third-order valence-electron chi connectivity index (χ3n) is 2.35. The summed E-state index contributed by atoms with van der Waals surface area (Å²) in [4.78, 5) is 12.8. The molecule has 0 bridgehead atoms. The van der Waals surface area contributed by atoms with Crippen molar-refractivity contribution in [1.29, 1.82) is 0 Å². The second-order valence-electron chi connectivity index (χ2n) is 3.67. The number of ketones is 1. The summed E-state index contributed by atoms with van der Waals surface area (Å²) in [5.74, 6) is 0.190. The fourth-order valence-electron chi connectivity index (χ4n) is 1.40. The molecular weight excluding hydrogens is 362 g/mol. The van der Waals surface area contributed by atoms with Crippen LogP contribution in [0.5, 0.6) is 0 Å². The van der Waals surface area contributed by atoms with Crippen molar-refractivity contribution in [2.45, 2.75) is 4.90 Å². The Hall–Kier alpha value is -0.880. The van der Waals surface area contributed by atoms with Crippen LogP contribution in [0.2, 0.25) is 0 Å². The van der Waals surface area contributed by atoms with Crippen molar-refractivity contribution < 1.29 is 9.18 Å². The van der Waals surface area contributed by atoms with Crippen LogP contribution in [-0.4, -0.2) is 11.5 Å². The molecule has 0 saturated heterocycles. The Morgan fingerprint density at radius 1 is 1.06 bits per heavy atom. The van der Waals surface area contributed by atoms with Crippen molar-refractivity contribution in [2.24, 2.45) is 0 Å². The zero-order valence-corrected chi connectivity index (χ0v) is 12.4. The van der Waals surface area contributed by atoms with E-state index in [0.717, 1.165) is 8.47 Å². The largest absolute Gasteiger partial charge is 0.293 e. The Morgan fingerprint density at radius 2 is 1.67 bits per heavy atom. The second-order valence-corrected chi connectivity index (χ2v) is 5.97. The van der Waals surface area contributed by atoms with Gasteiger partial charge in [-0.25, -0.2) is 4.39 Å². The molecular formula is C14H10FIOS. The van der Waals surface area contributed by atoms with Crippen LogP contribution in [0.15, 0.2) is 53.4 Å². The van der Waals surface area contributed by atoms with Crippen molar-refractivity contribution in [2.75, 3.05) is 5.75 Å². The summed E-state index contributed by atoms with van der Waals surface area (Å²) in [7, 11) is 0. The number of carbonyl (C=O) groups is 1. The van der Waals surface area contributed by atoms with Crippen LogP contribution in [0.1, 0.15) is 10.4 Å². The average molecular weight is 372 g/mol. The van der Waals surface area contributed by atoms with Gasteiger partial charge in [0.1, 0.15) is 5.82 Å². The van der Waals surface area contributed by atoms with Gasteiger partial charge in [0.2, 0.25) is 0 Å². The Kier molecular flexibility index (Phi) is 4.77. The summed E-state index contributed by atoms with van der Waals surface area (Å²) in [5.41, 5.74) is 0.713. The fraction of sp³-hybridized carbons (Fsp3) is 0.0714. The van der Waals surface area contributed by atoms with E-state index in [1.54, 1.807) is 12.1 Å². The highest BCUT2D eigenvalue weighted by atomic mass is 127. The number of carbonyl (C=O) groups excluding carboxylic acids is 1. The van der Waals surface area contributed by atoms with E-state index < -0.39 is 0 Å². The third kappa shape index (κ3) is 3.81. The molecule has 0 fully saturated rings. The zero-order valence-electron chi connectivity index (χ0n) is 9.40. The molecule has 0 aromatic heterocycles. The fourth-order valence-corrected chi connectivity index (χ4v) is 2.55. The molecule has 0 aliphatic carbocycles. The molecule has 2 rings (SSSR count). The maximum absolute atomic E-state index is 12.7. The first-order valence-corrected chi connectivity index (χ1v) is 7.39. The molecule has 0 amide bonds. The minimum atomic E-state index is -0.261. The van der Waals surface area contributed by atoms with Gasteiger partial charge < -0.3 is 0 Å². The normalized spacial score (nSPS) is 10.3. The molecule has 0 aliphatic heterocycles. The number of halogens is 2. The average Bonchev–Trinajstić information content (AvgIpc) is 2.38. The molecule has 2 aromatic carbocycles. The number of thioether (sulfide) groups is 1. The molecule has 0 unspecified atom stereocenters. The number of hydrogen-bond acceptors (Lipinski definition) is 2. The third-order valence-corrected chi connectivity index (χ3v) is 4.08. The van der Waals surface area contributed by atoms with Crippen molar-refractivity contribution in [3.8, 4) is 0 Å². The smallest absolute Gasteiger partial charge is 0.173 e. The first kappa shape index (κ1) is 13.5. The van der Waals surface area contributed by atoms with E-state index >= 15 is 0 Å². The first-order valence-electron chi connectivity index (χ1n) is 5.32. The standard InChI is InChI=1S/C14H10FIOS/c15-11-3-7-13(8-4-11)18-9-14(17)10-1-5-12(16)6-2-10/h1-8H,9H2. The zero-order chi connectivity index (χ0) is 13.0. The van der Waals surface area contributed by atoms with E-state index in [1.165, 1.54) is 23.9 Å². The van der Waals surface area contributed by atoms with Gasteiger partial charge in [-0.3, -0.25) is 4.79 Å². The van der Waals surface area contributed by atoms with Gasteiger partial charge >= 0.3 is 0 Å². The predicted octanol–water partition coefficient (Wildman–Crippen LogP) is 4.41. The summed E-state index contributed by atoms with van der Waals surface area (Å²) in [6.45, 7) is 0. The van der Waals surface area contributed by atoms with Crippen molar-refractivity contribution in [1.82, 2.24) is 0 Å². The maximum atomic E-state index is 12.7. The van der Waals surface area contributed by atoms with Gasteiger partial charge in [0.15, 0.2) is 5.78 Å². The molecule has 92 valence electrons. The van der Waals surface area contributed by atoms with E-state index in [4.69, 9.17) is 0 Å². The van der Waals surface area contributed by atoms with Gasteiger partial charge in [-0.2, -0.15) is 0 Å². The lowest BCUT2D eigenvalue weighted by atomic mass is 10.2. The number of hydrogen-bond donors (Lipinski definition) is 0. The highest BCUT2D eigenvalue weighted by Crippen LogP contribution is 2.19. The summed E-state index contributed by atoms with van der Waals surface area (Å²) < 4.78 is 13.8. The minimum Gasteiger partial charge on any atom is -0.293 e. The molecule has 0 spiro atoms. The van der Waals surface area contributed by atoms with E-state index in [0.29, 0.717) is 11.3 Å². The van der Waals surface area contributed by atoms with Crippen LogP contribution in [-0.2, 0) is 0 Å². The molecule has 1 nitrogen and oxygen atoms in total. The lowest BCUT2D eigenvalue weighted by Gasteiger charge is -2.02. The topological polar surface area (TPSA) is 17.1 Å². The molecule has 18 heavy (non-hydrogen) atoms. The van der Waals surface area contributed by atoms with Gasteiger partial charge in [-0.05, 0) is 59.0 Å². The van der Waals surface area contributed by atoms with Gasteiger partial charge in [0.05, 0.1) is 5.75 Å². The lowest BCUT2D eigenvalue weighted by molar-refractivity contribution is 0.102. The summed E-state index contributed by atoms with van der Waals surface area (Å²) >= 11 is 3.62. The van der Waals surface area contributed by atoms with E-state index in [9.17, 15) is 9.18 Å². The van der Waals surface area contributed by atoms with Crippen LogP contribution in [0, 0.1) is 9.39 Å². The minimum absolute atomic E-state index is 0.0840. The molecule has 0 saturated carbocycles. The summed E-state index contributed by atoms with van der Waals surface area (Å²) in [6.07, 6.45) is 0. The quantitative estimate of drug-likeness (QED) is 0.450. The van der Waals surface area contributed by atoms with E-state index in [1.807, 2.05) is 24.3 Å². The Bertz CT molecular complexity index is 537. The maximum Gasteiger partial charge on any atom is 0.173 e. The number of benzene rings is 2. The monoisotopic (exact) mass is 372 g/mol. The molecule has 0 heterocycles. The van der Waals surface area contributed by atoms with E-state index in [-0.39, 0.29) is 11.6 Å². The highest BCUT2D eigenvalue weighted by Gasteiger charge is 2.06. The Balaban J connectivity index is 1.96. The highest BCUT2D eigenvalue weighted by molar-refractivity contribution is 14.1. The number of Topliss-reactive ketones (excluding diaryl/α,β-unsaturated/α-hetero) is 1. The van der Waals surface area contributed by atoms with Crippen LogP contribution < -0.4 is 0 Å². The van der Waals surface area contributed by atoms with E-state index in [2.05, 4.69) is 22.6 Å². The van der Waals surface area contributed by atoms with Crippen molar-refractivity contribution in [3.05, 3.63) is 63.5 Å². The SMILES string of the molecule is O=C(CSc1ccc(F)cc1)c1ccc(I)cc1. The molecule has 0 radical (unpaired) electrons. The molecule has 2 aromatic rings. The summed E-state index contributed by atoms with van der Waals surface area (Å²) in [6, 6.07) is 13.6. The van der Waals surface area contributed by atoms with Gasteiger partial charge in [0.25, 0.3) is 0 Å². The molecule has 0 atom stereocenters. The first-order chi connectivity index (χ1) is 8.65. The molecule has 0 N–H and O–H groups in total. The number of rotatable bonds is 4. The molecule has 4 heteroatoms. The van der Waals surface area contributed by atoms with Crippen LogP contribution in [0.4, 0.5) is 4.39 Å². The van der Waals surface area contributed by atoms with Gasteiger partial charge in [-0.1, -0.05) is 12.1 Å². The van der Waals surface area contributed by atoms with Crippen molar-refractivity contribution >= 4 is 40.1 Å². The lowest BCUT2D eigenvalue weighted by Crippen LogP contribution is -2.01.